The third kappa shape index (κ3) is 4.94. The van der Waals surface area contributed by atoms with Crippen LogP contribution in [0.1, 0.15) is 6.42 Å². The lowest BCUT2D eigenvalue weighted by atomic mass is 10.2. The zero-order valence-electron chi connectivity index (χ0n) is 14.8. The summed E-state index contributed by atoms with van der Waals surface area (Å²) in [7, 11) is 0. The fourth-order valence-corrected chi connectivity index (χ4v) is 2.61. The molecule has 0 atom stereocenters. The van der Waals surface area contributed by atoms with Gasteiger partial charge >= 0.3 is 6.03 Å². The van der Waals surface area contributed by atoms with Crippen molar-refractivity contribution in [2.24, 2.45) is 0 Å². The number of rotatable bonds is 7. The average Bonchev–Trinajstić information content (AvgIpc) is 3.09. The number of carbonyl (C=O) groups is 2. The smallest absolute Gasteiger partial charge is 0.319 e. The predicted molar refractivity (Wildman–Crippen MR) is 107 cm³/mol. The Morgan fingerprint density at radius 2 is 1.74 bits per heavy atom. The predicted octanol–water partition coefficient (Wildman–Crippen LogP) is 3.37. The summed E-state index contributed by atoms with van der Waals surface area (Å²) in [6, 6.07) is 14.5. The molecule has 0 spiro atoms. The Balaban J connectivity index is 1.50. The van der Waals surface area contributed by atoms with E-state index in [1.54, 1.807) is 36.7 Å². The summed E-state index contributed by atoms with van der Waals surface area (Å²) in [5.41, 5.74) is 3.24. The van der Waals surface area contributed by atoms with Crippen molar-refractivity contribution >= 4 is 34.3 Å². The van der Waals surface area contributed by atoms with Crippen molar-refractivity contribution < 1.29 is 9.59 Å². The molecule has 1 heterocycles. The fourth-order valence-electron chi connectivity index (χ4n) is 2.61. The zero-order valence-corrected chi connectivity index (χ0v) is 14.8. The van der Waals surface area contributed by atoms with Gasteiger partial charge in [-0.05, 0) is 36.4 Å². The molecule has 0 aliphatic rings. The Morgan fingerprint density at radius 1 is 1.04 bits per heavy atom. The lowest BCUT2D eigenvalue weighted by molar-refractivity contribution is -0.116. The van der Waals surface area contributed by atoms with Crippen LogP contribution in [0, 0.1) is 0 Å². The Bertz CT molecular complexity index is 946. The quantitative estimate of drug-likeness (QED) is 0.562. The van der Waals surface area contributed by atoms with Crippen molar-refractivity contribution in [1.29, 1.82) is 0 Å². The van der Waals surface area contributed by atoms with Gasteiger partial charge in [-0.2, -0.15) is 0 Å². The number of aryl methyl sites for hydroxylation is 1. The van der Waals surface area contributed by atoms with Gasteiger partial charge in [0.05, 0.1) is 17.4 Å². The van der Waals surface area contributed by atoms with E-state index < -0.39 is 0 Å². The van der Waals surface area contributed by atoms with Crippen LogP contribution < -0.4 is 16.0 Å². The van der Waals surface area contributed by atoms with Crippen LogP contribution in [0.2, 0.25) is 0 Å². The number of anilines is 2. The van der Waals surface area contributed by atoms with Crippen molar-refractivity contribution in [1.82, 2.24) is 14.9 Å². The van der Waals surface area contributed by atoms with E-state index in [-0.39, 0.29) is 11.9 Å². The van der Waals surface area contributed by atoms with Crippen LogP contribution in [-0.4, -0.2) is 28.0 Å². The molecule has 1 aromatic heterocycles. The third-order valence-electron chi connectivity index (χ3n) is 3.94. The molecule has 0 saturated carbocycles. The van der Waals surface area contributed by atoms with Crippen molar-refractivity contribution in [3.63, 3.8) is 0 Å². The molecule has 3 aromatic rings. The minimum Gasteiger partial charge on any atom is -0.334 e. The van der Waals surface area contributed by atoms with Crippen LogP contribution in [0.4, 0.5) is 16.2 Å². The molecule has 7 heteroatoms. The van der Waals surface area contributed by atoms with Gasteiger partial charge in [-0.25, -0.2) is 9.78 Å². The first-order valence-electron chi connectivity index (χ1n) is 8.61. The van der Waals surface area contributed by atoms with Crippen LogP contribution >= 0.6 is 0 Å². The van der Waals surface area contributed by atoms with Gasteiger partial charge in [-0.1, -0.05) is 18.2 Å². The van der Waals surface area contributed by atoms with Crippen LogP contribution in [0.15, 0.2) is 67.5 Å². The average molecular weight is 363 g/mol. The maximum absolute atomic E-state index is 12.2. The Hall–Kier alpha value is -3.61. The molecular weight excluding hydrogens is 342 g/mol. The largest absolute Gasteiger partial charge is 0.334 e. The highest BCUT2D eigenvalue weighted by atomic mass is 16.2. The molecule has 0 radical (unpaired) electrons. The molecule has 3 amide bonds. The molecular formula is C20H21N5O2. The Kier molecular flexibility index (Phi) is 5.84. The standard InChI is InChI=1S/C20H21N5O2/c1-2-12-21-20(27)24-16-9-7-15(8-10-16)23-19(26)11-13-25-14-22-17-5-3-4-6-18(17)25/h2-10,14H,1,11-13H2,(H,23,26)(H2,21,24,27). The maximum atomic E-state index is 12.2. The monoisotopic (exact) mass is 363 g/mol. The maximum Gasteiger partial charge on any atom is 0.319 e. The molecule has 0 unspecified atom stereocenters. The molecule has 0 aliphatic carbocycles. The van der Waals surface area contributed by atoms with Gasteiger partial charge in [0.25, 0.3) is 0 Å². The number of urea groups is 1. The molecule has 0 fully saturated rings. The summed E-state index contributed by atoms with van der Waals surface area (Å²) in [6.07, 6.45) is 3.69. The lowest BCUT2D eigenvalue weighted by Crippen LogP contribution is -2.28. The van der Waals surface area contributed by atoms with Crippen LogP contribution in [0.3, 0.4) is 0 Å². The molecule has 27 heavy (non-hydrogen) atoms. The second-order valence-corrected chi connectivity index (χ2v) is 5.93. The van der Waals surface area contributed by atoms with Crippen molar-refractivity contribution in [3.8, 4) is 0 Å². The van der Waals surface area contributed by atoms with E-state index in [4.69, 9.17) is 0 Å². The van der Waals surface area contributed by atoms with Crippen molar-refractivity contribution in [3.05, 3.63) is 67.5 Å². The summed E-state index contributed by atoms with van der Waals surface area (Å²) < 4.78 is 1.96. The zero-order chi connectivity index (χ0) is 19.1. The van der Waals surface area contributed by atoms with Gasteiger partial charge in [0.1, 0.15) is 0 Å². The van der Waals surface area contributed by atoms with Crippen molar-refractivity contribution in [2.75, 3.05) is 17.2 Å². The number of amides is 3. The van der Waals surface area contributed by atoms with Crippen LogP contribution in [0.5, 0.6) is 0 Å². The van der Waals surface area contributed by atoms with Crippen LogP contribution in [-0.2, 0) is 11.3 Å². The molecule has 0 saturated heterocycles. The fraction of sp³-hybridized carbons (Fsp3) is 0.150. The number of imidazole rings is 1. The molecule has 138 valence electrons. The summed E-state index contributed by atoms with van der Waals surface area (Å²) >= 11 is 0. The molecule has 7 nitrogen and oxygen atoms in total. The van der Waals surface area contributed by atoms with Gasteiger partial charge in [0.2, 0.25) is 5.91 Å². The van der Waals surface area contributed by atoms with Gasteiger partial charge in [-0.3, -0.25) is 4.79 Å². The highest BCUT2D eigenvalue weighted by Gasteiger charge is 2.06. The molecule has 3 N–H and O–H groups in total. The minimum atomic E-state index is -0.306. The highest BCUT2D eigenvalue weighted by Crippen LogP contribution is 2.15. The highest BCUT2D eigenvalue weighted by molar-refractivity contribution is 5.92. The molecule has 0 bridgehead atoms. The van der Waals surface area contributed by atoms with Gasteiger partial charge in [0, 0.05) is 30.9 Å². The van der Waals surface area contributed by atoms with Crippen LogP contribution in [0.25, 0.3) is 11.0 Å². The topological polar surface area (TPSA) is 88.0 Å². The number of nitrogens with zero attached hydrogens (tertiary/aromatic N) is 2. The normalized spacial score (nSPS) is 10.4. The Morgan fingerprint density at radius 3 is 2.48 bits per heavy atom. The number of hydrogen-bond acceptors (Lipinski definition) is 3. The van der Waals surface area contributed by atoms with Gasteiger partial charge < -0.3 is 20.5 Å². The third-order valence-corrected chi connectivity index (χ3v) is 3.94. The summed E-state index contributed by atoms with van der Waals surface area (Å²) in [4.78, 5) is 28.1. The number of nitrogens with one attached hydrogen (secondary N) is 3. The molecule has 2 aromatic carbocycles. The van der Waals surface area contributed by atoms with E-state index in [2.05, 4.69) is 27.5 Å². The molecule has 0 aliphatic heterocycles. The minimum absolute atomic E-state index is 0.0859. The van der Waals surface area contributed by atoms with E-state index in [0.717, 1.165) is 11.0 Å². The van der Waals surface area contributed by atoms with Gasteiger partial charge in [0.15, 0.2) is 0 Å². The van der Waals surface area contributed by atoms with E-state index in [9.17, 15) is 9.59 Å². The number of hydrogen-bond donors (Lipinski definition) is 3. The molecule has 3 rings (SSSR count). The van der Waals surface area contributed by atoms with Crippen molar-refractivity contribution in [2.45, 2.75) is 13.0 Å². The first-order valence-corrected chi connectivity index (χ1v) is 8.61. The second-order valence-electron chi connectivity index (χ2n) is 5.93. The number of para-hydroxylation sites is 2. The summed E-state index contributed by atoms with van der Waals surface area (Å²) in [5.74, 6) is -0.0859. The number of benzene rings is 2. The SMILES string of the molecule is C=CCNC(=O)Nc1ccc(NC(=O)CCn2cnc3ccccc32)cc1. The van der Waals surface area contributed by atoms with E-state index in [1.807, 2.05) is 28.8 Å². The van der Waals surface area contributed by atoms with Gasteiger partial charge in [-0.15, -0.1) is 6.58 Å². The van der Waals surface area contributed by atoms with E-state index in [1.165, 1.54) is 0 Å². The second kappa shape index (κ2) is 8.66. The first kappa shape index (κ1) is 18.2. The Labute approximate surface area is 157 Å². The first-order chi connectivity index (χ1) is 13.2. The summed E-state index contributed by atoms with van der Waals surface area (Å²) in [6.45, 7) is 4.48. The van der Waals surface area contributed by atoms with E-state index >= 15 is 0 Å². The van der Waals surface area contributed by atoms with E-state index in [0.29, 0.717) is 30.9 Å². The summed E-state index contributed by atoms with van der Waals surface area (Å²) in [5, 5.41) is 8.18. The number of carbonyl (C=O) groups excluding carboxylic acids is 2. The number of fused-ring (bicyclic) bond motifs is 1. The number of aromatic nitrogens is 2. The lowest BCUT2D eigenvalue weighted by Gasteiger charge is -2.09.